The molecule has 2 atom stereocenters. The Morgan fingerprint density at radius 3 is 2.95 bits per heavy atom. The van der Waals surface area contributed by atoms with Gasteiger partial charge in [-0.1, -0.05) is 19.3 Å². The average Bonchev–Trinajstić information content (AvgIpc) is 2.69. The van der Waals surface area contributed by atoms with E-state index in [1.54, 1.807) is 11.3 Å². The Morgan fingerprint density at radius 2 is 2.26 bits per heavy atom. The number of rotatable bonds is 4. The van der Waals surface area contributed by atoms with Crippen molar-refractivity contribution in [3.8, 4) is 0 Å². The van der Waals surface area contributed by atoms with Gasteiger partial charge in [-0.25, -0.2) is 4.98 Å². The molecule has 4 nitrogen and oxygen atoms in total. The molecule has 0 amide bonds. The fourth-order valence-electron chi connectivity index (χ4n) is 2.69. The maximum absolute atomic E-state index is 11.9. The predicted octanol–water partition coefficient (Wildman–Crippen LogP) is 2.66. The summed E-state index contributed by atoms with van der Waals surface area (Å²) in [6.45, 7) is 2.75. The number of nitrogens with zero attached hydrogens (tertiary/aromatic N) is 1. The van der Waals surface area contributed by atoms with Crippen LogP contribution in [0.15, 0.2) is 5.38 Å². The zero-order chi connectivity index (χ0) is 13.7. The lowest BCUT2D eigenvalue weighted by Gasteiger charge is -2.23. The maximum atomic E-state index is 11.9. The standard InChI is InChI=1S/C14H22N2O2S/c1-10-9-19-13(16-10)8-15-12-7-5-3-4-6-11(12)14(17)18-2/h9,11-12,15H,3-8H2,1-2H3/t11-,12+/m0/s1. The zero-order valence-corrected chi connectivity index (χ0v) is 12.5. The molecule has 1 saturated carbocycles. The number of esters is 1. The van der Waals surface area contributed by atoms with Gasteiger partial charge in [-0.2, -0.15) is 0 Å². The first-order chi connectivity index (χ1) is 9.20. The summed E-state index contributed by atoms with van der Waals surface area (Å²) in [5, 5.41) is 6.65. The van der Waals surface area contributed by atoms with Crippen LogP contribution in [0, 0.1) is 12.8 Å². The minimum atomic E-state index is -0.0743. The third-order valence-corrected chi connectivity index (χ3v) is 4.67. The number of methoxy groups -OCH3 is 1. The largest absolute Gasteiger partial charge is 0.469 e. The molecule has 1 aliphatic rings. The molecule has 19 heavy (non-hydrogen) atoms. The molecule has 0 aromatic carbocycles. The molecular formula is C14H22N2O2S. The quantitative estimate of drug-likeness (QED) is 0.681. The van der Waals surface area contributed by atoms with E-state index in [-0.39, 0.29) is 17.9 Å². The number of carbonyl (C=O) groups excluding carboxylic acids is 1. The van der Waals surface area contributed by atoms with Gasteiger partial charge < -0.3 is 10.1 Å². The molecule has 1 aromatic rings. The number of hydrogen-bond acceptors (Lipinski definition) is 5. The molecule has 106 valence electrons. The van der Waals surface area contributed by atoms with E-state index < -0.39 is 0 Å². The molecule has 1 N–H and O–H groups in total. The van der Waals surface area contributed by atoms with Gasteiger partial charge in [-0.05, 0) is 19.8 Å². The Hall–Kier alpha value is -0.940. The van der Waals surface area contributed by atoms with Crippen molar-refractivity contribution in [1.29, 1.82) is 0 Å². The second-order valence-corrected chi connectivity index (χ2v) is 6.08. The molecule has 5 heteroatoms. The van der Waals surface area contributed by atoms with E-state index in [2.05, 4.69) is 15.7 Å². The van der Waals surface area contributed by atoms with Crippen molar-refractivity contribution in [3.05, 3.63) is 16.1 Å². The Kier molecular flexibility index (Phi) is 5.34. The average molecular weight is 282 g/mol. The Balaban J connectivity index is 1.95. The number of aromatic nitrogens is 1. The second kappa shape index (κ2) is 7.01. The molecule has 0 aliphatic heterocycles. The lowest BCUT2D eigenvalue weighted by atomic mass is 9.95. The Labute approximate surface area is 118 Å². The minimum absolute atomic E-state index is 0.00596. The van der Waals surface area contributed by atoms with Crippen molar-refractivity contribution < 1.29 is 9.53 Å². The van der Waals surface area contributed by atoms with Gasteiger partial charge in [0.15, 0.2) is 0 Å². The van der Waals surface area contributed by atoms with Crippen molar-refractivity contribution in [3.63, 3.8) is 0 Å². The van der Waals surface area contributed by atoms with E-state index in [1.807, 2.05) is 6.92 Å². The molecule has 2 rings (SSSR count). The molecule has 1 heterocycles. The van der Waals surface area contributed by atoms with Gasteiger partial charge in [-0.15, -0.1) is 11.3 Å². The lowest BCUT2D eigenvalue weighted by Crippen LogP contribution is -2.39. The van der Waals surface area contributed by atoms with Crippen LogP contribution in [0.5, 0.6) is 0 Å². The summed E-state index contributed by atoms with van der Waals surface area (Å²) >= 11 is 1.67. The summed E-state index contributed by atoms with van der Waals surface area (Å²) in [6, 6.07) is 0.221. The number of ether oxygens (including phenoxy) is 1. The first-order valence-electron chi connectivity index (χ1n) is 6.93. The van der Waals surface area contributed by atoms with Gasteiger partial charge in [0.25, 0.3) is 0 Å². The summed E-state index contributed by atoms with van der Waals surface area (Å²) in [7, 11) is 1.48. The van der Waals surface area contributed by atoms with E-state index in [0.717, 1.165) is 36.5 Å². The first-order valence-corrected chi connectivity index (χ1v) is 7.81. The van der Waals surface area contributed by atoms with Gasteiger partial charge >= 0.3 is 5.97 Å². The van der Waals surface area contributed by atoms with E-state index in [4.69, 9.17) is 4.74 Å². The topological polar surface area (TPSA) is 51.2 Å². The van der Waals surface area contributed by atoms with Crippen LogP contribution in [0.1, 0.15) is 42.8 Å². The lowest BCUT2D eigenvalue weighted by molar-refractivity contribution is -0.146. The zero-order valence-electron chi connectivity index (χ0n) is 11.6. The van der Waals surface area contributed by atoms with Gasteiger partial charge in [0.2, 0.25) is 0 Å². The van der Waals surface area contributed by atoms with Crippen molar-refractivity contribution >= 4 is 17.3 Å². The monoisotopic (exact) mass is 282 g/mol. The van der Waals surface area contributed by atoms with Crippen LogP contribution in [-0.2, 0) is 16.1 Å². The highest BCUT2D eigenvalue weighted by molar-refractivity contribution is 7.09. The fourth-order valence-corrected chi connectivity index (χ4v) is 3.41. The van der Waals surface area contributed by atoms with Gasteiger partial charge in [-0.3, -0.25) is 4.79 Å². The van der Waals surface area contributed by atoms with Crippen LogP contribution in [-0.4, -0.2) is 24.1 Å². The summed E-state index contributed by atoms with van der Waals surface area (Å²) in [6.07, 6.45) is 5.49. The first kappa shape index (κ1) is 14.5. The number of carbonyl (C=O) groups is 1. The highest BCUT2D eigenvalue weighted by Gasteiger charge is 2.30. The molecule has 1 aromatic heterocycles. The van der Waals surface area contributed by atoms with Crippen molar-refractivity contribution in [2.45, 2.75) is 51.6 Å². The molecule has 0 saturated heterocycles. The molecule has 1 aliphatic carbocycles. The van der Waals surface area contributed by atoms with Crippen LogP contribution in [0.3, 0.4) is 0 Å². The summed E-state index contributed by atoms with van der Waals surface area (Å²) in [5.41, 5.74) is 1.06. The molecule has 0 spiro atoms. The molecule has 0 radical (unpaired) electrons. The highest BCUT2D eigenvalue weighted by atomic mass is 32.1. The van der Waals surface area contributed by atoms with E-state index >= 15 is 0 Å². The minimum Gasteiger partial charge on any atom is -0.469 e. The van der Waals surface area contributed by atoms with Gasteiger partial charge in [0.1, 0.15) is 5.01 Å². The summed E-state index contributed by atoms with van der Waals surface area (Å²) in [5.74, 6) is -0.0803. The number of hydrogen-bond donors (Lipinski definition) is 1. The summed E-state index contributed by atoms with van der Waals surface area (Å²) < 4.78 is 4.94. The van der Waals surface area contributed by atoms with E-state index in [0.29, 0.717) is 0 Å². The third-order valence-electron chi connectivity index (χ3n) is 3.70. The maximum Gasteiger partial charge on any atom is 0.310 e. The SMILES string of the molecule is COC(=O)[C@H]1CCCCC[C@H]1NCc1nc(C)cs1. The Bertz CT molecular complexity index is 419. The molecule has 0 unspecified atom stereocenters. The van der Waals surface area contributed by atoms with Crippen LogP contribution < -0.4 is 5.32 Å². The molecule has 1 fully saturated rings. The van der Waals surface area contributed by atoms with Crippen molar-refractivity contribution in [2.75, 3.05) is 7.11 Å². The van der Waals surface area contributed by atoms with E-state index in [9.17, 15) is 4.79 Å². The van der Waals surface area contributed by atoms with Gasteiger partial charge in [0.05, 0.1) is 13.0 Å². The van der Waals surface area contributed by atoms with E-state index in [1.165, 1.54) is 20.0 Å². The molecular weight excluding hydrogens is 260 g/mol. The van der Waals surface area contributed by atoms with Crippen LogP contribution in [0.2, 0.25) is 0 Å². The fraction of sp³-hybridized carbons (Fsp3) is 0.714. The van der Waals surface area contributed by atoms with Crippen LogP contribution >= 0.6 is 11.3 Å². The smallest absolute Gasteiger partial charge is 0.310 e. The predicted molar refractivity (Wildman–Crippen MR) is 76.1 cm³/mol. The van der Waals surface area contributed by atoms with Gasteiger partial charge in [0, 0.05) is 23.7 Å². The Morgan fingerprint density at radius 1 is 1.47 bits per heavy atom. The van der Waals surface area contributed by atoms with Crippen LogP contribution in [0.25, 0.3) is 0 Å². The number of thiazole rings is 1. The number of aryl methyl sites for hydroxylation is 1. The van der Waals surface area contributed by atoms with Crippen molar-refractivity contribution in [1.82, 2.24) is 10.3 Å². The molecule has 0 bridgehead atoms. The van der Waals surface area contributed by atoms with Crippen molar-refractivity contribution in [2.24, 2.45) is 5.92 Å². The number of nitrogens with one attached hydrogen (secondary N) is 1. The normalized spacial score (nSPS) is 23.9. The third kappa shape index (κ3) is 4.01. The highest BCUT2D eigenvalue weighted by Crippen LogP contribution is 2.25. The summed E-state index contributed by atoms with van der Waals surface area (Å²) in [4.78, 5) is 16.3. The second-order valence-electron chi connectivity index (χ2n) is 5.14. The van der Waals surface area contributed by atoms with Crippen LogP contribution in [0.4, 0.5) is 0 Å².